The molecule has 1 atom stereocenters. The quantitative estimate of drug-likeness (QED) is 0.758. The fraction of sp³-hybridized carbons (Fsp3) is 0.385. The summed E-state index contributed by atoms with van der Waals surface area (Å²) in [6.45, 7) is 3.82. The molecule has 6 nitrogen and oxygen atoms in total. The van der Waals surface area contributed by atoms with Gasteiger partial charge in [0, 0.05) is 18.3 Å². The molecule has 0 fully saturated rings. The number of aromatic hydroxyl groups is 1. The molecule has 0 saturated carbocycles. The van der Waals surface area contributed by atoms with Crippen molar-refractivity contribution < 1.29 is 19.8 Å². The topological polar surface area (TPSA) is 89.9 Å². The third kappa shape index (κ3) is 3.87. The van der Waals surface area contributed by atoms with Gasteiger partial charge in [-0.2, -0.15) is 0 Å². The minimum atomic E-state index is -1.07. The van der Waals surface area contributed by atoms with Gasteiger partial charge in [0.1, 0.15) is 11.8 Å². The van der Waals surface area contributed by atoms with Crippen LogP contribution in [-0.2, 0) is 4.79 Å². The smallest absolute Gasteiger partial charge is 0.326 e. The van der Waals surface area contributed by atoms with Crippen LogP contribution in [0.25, 0.3) is 0 Å². The first-order valence-electron chi connectivity index (χ1n) is 6.09. The van der Waals surface area contributed by atoms with Crippen molar-refractivity contribution >= 4 is 17.7 Å². The normalized spacial score (nSPS) is 11.7. The number of nitrogens with one attached hydrogen (secondary N) is 1. The van der Waals surface area contributed by atoms with Crippen LogP contribution in [-0.4, -0.2) is 34.8 Å². The Labute approximate surface area is 111 Å². The Hall–Kier alpha value is -2.24. The summed E-state index contributed by atoms with van der Waals surface area (Å²) in [5, 5.41) is 20.8. The number of nitrogens with zero attached hydrogens (tertiary/aromatic N) is 1. The van der Waals surface area contributed by atoms with Crippen molar-refractivity contribution in [3.05, 3.63) is 24.3 Å². The van der Waals surface area contributed by atoms with E-state index in [1.165, 1.54) is 17.0 Å². The molecule has 0 unspecified atom stereocenters. The van der Waals surface area contributed by atoms with E-state index in [0.717, 1.165) is 0 Å². The van der Waals surface area contributed by atoms with Gasteiger partial charge in [-0.25, -0.2) is 9.59 Å². The second-order valence-corrected chi connectivity index (χ2v) is 4.01. The molecule has 0 heterocycles. The van der Waals surface area contributed by atoms with Crippen LogP contribution in [0.15, 0.2) is 24.3 Å². The van der Waals surface area contributed by atoms with Gasteiger partial charge in [-0.3, -0.25) is 4.90 Å². The molecule has 104 valence electrons. The summed E-state index contributed by atoms with van der Waals surface area (Å²) in [7, 11) is 0. The number of hydrogen-bond acceptors (Lipinski definition) is 3. The van der Waals surface area contributed by atoms with Crippen molar-refractivity contribution in [2.24, 2.45) is 0 Å². The first kappa shape index (κ1) is 14.8. The SMILES string of the molecule is CC[C@H](NC(=O)N(CC)c1cccc(O)c1)C(=O)O. The summed E-state index contributed by atoms with van der Waals surface area (Å²) in [6.07, 6.45) is 0.304. The van der Waals surface area contributed by atoms with Crippen molar-refractivity contribution in [3.8, 4) is 5.75 Å². The number of hydrogen-bond donors (Lipinski definition) is 3. The van der Waals surface area contributed by atoms with Crippen LogP contribution < -0.4 is 10.2 Å². The van der Waals surface area contributed by atoms with Gasteiger partial charge in [0.25, 0.3) is 0 Å². The molecule has 1 rings (SSSR count). The average molecular weight is 266 g/mol. The predicted octanol–water partition coefficient (Wildman–Crippen LogP) is 1.79. The highest BCUT2D eigenvalue weighted by Gasteiger charge is 2.21. The molecular weight excluding hydrogens is 248 g/mol. The molecule has 1 aromatic rings. The molecule has 6 heteroatoms. The van der Waals surface area contributed by atoms with E-state index in [4.69, 9.17) is 5.11 Å². The first-order valence-corrected chi connectivity index (χ1v) is 6.09. The number of carbonyl (C=O) groups excluding carboxylic acids is 1. The summed E-state index contributed by atoms with van der Waals surface area (Å²) in [6, 6.07) is 4.83. The zero-order valence-corrected chi connectivity index (χ0v) is 11.0. The molecule has 19 heavy (non-hydrogen) atoms. The molecule has 0 bridgehead atoms. The Balaban J connectivity index is 2.85. The number of rotatable bonds is 5. The van der Waals surface area contributed by atoms with E-state index in [9.17, 15) is 14.7 Å². The van der Waals surface area contributed by atoms with E-state index in [-0.39, 0.29) is 5.75 Å². The highest BCUT2D eigenvalue weighted by atomic mass is 16.4. The van der Waals surface area contributed by atoms with E-state index in [0.29, 0.717) is 18.7 Å². The van der Waals surface area contributed by atoms with Crippen LogP contribution >= 0.6 is 0 Å². The van der Waals surface area contributed by atoms with E-state index in [2.05, 4.69) is 5.32 Å². The Morgan fingerprint density at radius 2 is 2.05 bits per heavy atom. The number of carbonyl (C=O) groups is 2. The largest absolute Gasteiger partial charge is 0.508 e. The number of carboxylic acid groups (broad SMARTS) is 1. The van der Waals surface area contributed by atoms with E-state index >= 15 is 0 Å². The van der Waals surface area contributed by atoms with Gasteiger partial charge in [-0.15, -0.1) is 0 Å². The summed E-state index contributed by atoms with van der Waals surface area (Å²) in [5.41, 5.74) is 0.514. The number of benzene rings is 1. The average Bonchev–Trinajstić information content (AvgIpc) is 2.36. The lowest BCUT2D eigenvalue weighted by Gasteiger charge is -2.23. The maximum atomic E-state index is 12.0. The number of anilines is 1. The molecule has 1 aromatic carbocycles. The second-order valence-electron chi connectivity index (χ2n) is 4.01. The summed E-state index contributed by atoms with van der Waals surface area (Å²) >= 11 is 0. The highest BCUT2D eigenvalue weighted by Crippen LogP contribution is 2.20. The molecule has 2 amide bonds. The summed E-state index contributed by atoms with van der Waals surface area (Å²) in [4.78, 5) is 24.3. The van der Waals surface area contributed by atoms with Crippen molar-refractivity contribution in [1.82, 2.24) is 5.32 Å². The fourth-order valence-electron chi connectivity index (χ4n) is 1.67. The monoisotopic (exact) mass is 266 g/mol. The minimum Gasteiger partial charge on any atom is -0.508 e. The van der Waals surface area contributed by atoms with E-state index in [1.807, 2.05) is 0 Å². The predicted molar refractivity (Wildman–Crippen MR) is 71.4 cm³/mol. The van der Waals surface area contributed by atoms with Crippen molar-refractivity contribution in [1.29, 1.82) is 0 Å². The molecule has 0 radical (unpaired) electrons. The molecule has 0 aliphatic heterocycles. The number of aliphatic carboxylic acids is 1. The molecule has 0 aromatic heterocycles. The zero-order valence-electron chi connectivity index (χ0n) is 11.0. The van der Waals surface area contributed by atoms with Crippen LogP contribution in [0.1, 0.15) is 20.3 Å². The zero-order chi connectivity index (χ0) is 14.4. The third-order valence-electron chi connectivity index (χ3n) is 2.71. The third-order valence-corrected chi connectivity index (χ3v) is 2.71. The van der Waals surface area contributed by atoms with Gasteiger partial charge >= 0.3 is 12.0 Å². The fourth-order valence-corrected chi connectivity index (χ4v) is 1.67. The van der Waals surface area contributed by atoms with Gasteiger partial charge < -0.3 is 15.5 Å². The van der Waals surface area contributed by atoms with Crippen LogP contribution in [0, 0.1) is 0 Å². The van der Waals surface area contributed by atoms with Crippen LogP contribution in [0.5, 0.6) is 5.75 Å². The van der Waals surface area contributed by atoms with Gasteiger partial charge in [0.2, 0.25) is 0 Å². The molecule has 0 spiro atoms. The molecule has 0 aliphatic carbocycles. The molecule has 3 N–H and O–H groups in total. The van der Waals surface area contributed by atoms with Crippen molar-refractivity contribution in [2.45, 2.75) is 26.3 Å². The van der Waals surface area contributed by atoms with Gasteiger partial charge in [0.15, 0.2) is 0 Å². The molecule has 0 aliphatic rings. The lowest BCUT2D eigenvalue weighted by molar-refractivity contribution is -0.139. The van der Waals surface area contributed by atoms with Gasteiger partial charge in [-0.1, -0.05) is 13.0 Å². The van der Waals surface area contributed by atoms with Crippen molar-refractivity contribution in [3.63, 3.8) is 0 Å². The van der Waals surface area contributed by atoms with Gasteiger partial charge in [0.05, 0.1) is 0 Å². The Kier molecular flexibility index (Phi) is 5.17. The molecular formula is C13H18N2O4. The molecule has 0 saturated heterocycles. The standard InChI is InChI=1S/C13H18N2O4/c1-3-11(12(17)18)14-13(19)15(4-2)9-6-5-7-10(16)8-9/h5-8,11,16H,3-4H2,1-2H3,(H,14,19)(H,17,18)/t11-/m0/s1. The number of phenolic OH excluding ortho intramolecular Hbond substituents is 1. The van der Waals surface area contributed by atoms with E-state index < -0.39 is 18.0 Å². The second kappa shape index (κ2) is 6.63. The number of amides is 2. The Morgan fingerprint density at radius 3 is 2.53 bits per heavy atom. The number of urea groups is 1. The first-order chi connectivity index (χ1) is 8.99. The maximum Gasteiger partial charge on any atom is 0.326 e. The lowest BCUT2D eigenvalue weighted by atomic mass is 10.2. The number of carboxylic acids is 1. The van der Waals surface area contributed by atoms with Crippen LogP contribution in [0.4, 0.5) is 10.5 Å². The Morgan fingerprint density at radius 1 is 1.37 bits per heavy atom. The maximum absolute atomic E-state index is 12.0. The number of phenols is 1. The van der Waals surface area contributed by atoms with Crippen LogP contribution in [0.3, 0.4) is 0 Å². The highest BCUT2D eigenvalue weighted by molar-refractivity contribution is 5.94. The van der Waals surface area contributed by atoms with Gasteiger partial charge in [-0.05, 0) is 25.5 Å². The summed E-state index contributed by atoms with van der Waals surface area (Å²) < 4.78 is 0. The Bertz CT molecular complexity index is 462. The lowest BCUT2D eigenvalue weighted by Crippen LogP contribution is -2.47. The summed E-state index contributed by atoms with van der Waals surface area (Å²) in [5.74, 6) is -1.02. The van der Waals surface area contributed by atoms with E-state index in [1.54, 1.807) is 26.0 Å². The minimum absolute atomic E-state index is 0.0500. The van der Waals surface area contributed by atoms with Crippen molar-refractivity contribution in [2.75, 3.05) is 11.4 Å². The van der Waals surface area contributed by atoms with Crippen LogP contribution in [0.2, 0.25) is 0 Å².